The number of fused-ring (bicyclic) bond motifs is 1. The lowest BCUT2D eigenvalue weighted by molar-refractivity contribution is -0.116. The van der Waals surface area contributed by atoms with Crippen LogP contribution < -0.4 is 10.9 Å². The molecule has 0 aliphatic heterocycles. The third-order valence-corrected chi connectivity index (χ3v) is 4.50. The standard InChI is InChI=1S/C17H22NO6P/c1-2-3-4-5-6-16(19)18-13-7-8-14-12(11-25(21,22)23)9-17(20)24-15(14)10-13/h7-10H,2-6,11H2,1H3,(H,18,19)(H2,21,22,23). The predicted molar refractivity (Wildman–Crippen MR) is 95.6 cm³/mol. The van der Waals surface area contributed by atoms with Gasteiger partial charge in [-0.1, -0.05) is 26.2 Å². The smallest absolute Gasteiger partial charge is 0.336 e. The van der Waals surface area contributed by atoms with Crippen molar-refractivity contribution in [2.75, 3.05) is 5.32 Å². The van der Waals surface area contributed by atoms with Crippen LogP contribution in [0.3, 0.4) is 0 Å². The Kier molecular flexibility index (Phi) is 6.53. The van der Waals surface area contributed by atoms with Gasteiger partial charge in [0, 0.05) is 29.6 Å². The molecule has 8 heteroatoms. The fraction of sp³-hybridized carbons (Fsp3) is 0.412. The summed E-state index contributed by atoms with van der Waals surface area (Å²) in [5.74, 6) is -0.121. The maximum Gasteiger partial charge on any atom is 0.336 e. The molecule has 3 N–H and O–H groups in total. The molecule has 0 bridgehead atoms. The summed E-state index contributed by atoms with van der Waals surface area (Å²) in [6.45, 7) is 2.10. The van der Waals surface area contributed by atoms with E-state index in [4.69, 9.17) is 14.2 Å². The van der Waals surface area contributed by atoms with Gasteiger partial charge in [-0.2, -0.15) is 0 Å². The largest absolute Gasteiger partial charge is 0.423 e. The Balaban J connectivity index is 2.18. The summed E-state index contributed by atoms with van der Waals surface area (Å²) >= 11 is 0. The number of rotatable bonds is 8. The minimum Gasteiger partial charge on any atom is -0.423 e. The molecule has 1 aromatic carbocycles. The Labute approximate surface area is 145 Å². The molecule has 0 spiro atoms. The first-order valence-corrected chi connectivity index (χ1v) is 9.99. The number of amides is 1. The van der Waals surface area contributed by atoms with E-state index in [9.17, 15) is 14.2 Å². The topological polar surface area (TPSA) is 117 Å². The van der Waals surface area contributed by atoms with E-state index in [1.807, 2.05) is 0 Å². The lowest BCUT2D eigenvalue weighted by Gasteiger charge is -2.09. The highest BCUT2D eigenvalue weighted by Gasteiger charge is 2.18. The maximum atomic E-state index is 11.9. The molecule has 2 aromatic rings. The van der Waals surface area contributed by atoms with Gasteiger partial charge in [-0.05, 0) is 24.1 Å². The second-order valence-corrected chi connectivity index (χ2v) is 7.63. The zero-order chi connectivity index (χ0) is 18.4. The average molecular weight is 367 g/mol. The molecule has 7 nitrogen and oxygen atoms in total. The molecule has 1 aromatic heterocycles. The Hall–Kier alpha value is -1.95. The van der Waals surface area contributed by atoms with Crippen molar-refractivity contribution in [2.24, 2.45) is 0 Å². The van der Waals surface area contributed by atoms with Crippen LogP contribution in [0.2, 0.25) is 0 Å². The Morgan fingerprint density at radius 2 is 1.96 bits per heavy atom. The molecule has 0 atom stereocenters. The van der Waals surface area contributed by atoms with Crippen LogP contribution in [0.25, 0.3) is 11.0 Å². The van der Waals surface area contributed by atoms with Crippen LogP contribution in [0.15, 0.2) is 33.5 Å². The van der Waals surface area contributed by atoms with E-state index in [1.54, 1.807) is 12.1 Å². The number of hydrogen-bond acceptors (Lipinski definition) is 4. The molecule has 1 amide bonds. The Morgan fingerprint density at radius 3 is 2.64 bits per heavy atom. The van der Waals surface area contributed by atoms with E-state index in [-0.39, 0.29) is 17.1 Å². The molecule has 0 radical (unpaired) electrons. The maximum absolute atomic E-state index is 11.9. The molecule has 136 valence electrons. The number of anilines is 1. The SMILES string of the molecule is CCCCCCC(=O)Nc1ccc2c(CP(=O)(O)O)cc(=O)oc2c1. The zero-order valence-electron chi connectivity index (χ0n) is 14.0. The van der Waals surface area contributed by atoms with Crippen molar-refractivity contribution in [3.05, 3.63) is 40.2 Å². The van der Waals surface area contributed by atoms with E-state index >= 15 is 0 Å². The van der Waals surface area contributed by atoms with Crippen molar-refractivity contribution >= 4 is 30.2 Å². The van der Waals surface area contributed by atoms with Gasteiger partial charge in [0.15, 0.2) is 0 Å². The van der Waals surface area contributed by atoms with Crippen LogP contribution in [-0.4, -0.2) is 15.7 Å². The highest BCUT2D eigenvalue weighted by molar-refractivity contribution is 7.50. The quantitative estimate of drug-likeness (QED) is 0.374. The lowest BCUT2D eigenvalue weighted by Crippen LogP contribution is -2.11. The first-order chi connectivity index (χ1) is 11.8. The number of carbonyl (C=O) groups excluding carboxylic acids is 1. The molecule has 0 fully saturated rings. The molecule has 0 unspecified atom stereocenters. The van der Waals surface area contributed by atoms with E-state index in [2.05, 4.69) is 12.2 Å². The van der Waals surface area contributed by atoms with Crippen LogP contribution in [0, 0.1) is 0 Å². The Morgan fingerprint density at radius 1 is 1.20 bits per heavy atom. The van der Waals surface area contributed by atoms with Gasteiger partial charge in [-0.25, -0.2) is 4.79 Å². The summed E-state index contributed by atoms with van der Waals surface area (Å²) in [6.07, 6.45) is 3.88. The van der Waals surface area contributed by atoms with Crippen molar-refractivity contribution < 1.29 is 23.6 Å². The van der Waals surface area contributed by atoms with Gasteiger partial charge in [0.2, 0.25) is 5.91 Å². The molecule has 0 aliphatic rings. The van der Waals surface area contributed by atoms with Gasteiger partial charge in [-0.3, -0.25) is 9.36 Å². The van der Waals surface area contributed by atoms with E-state index in [1.165, 1.54) is 6.07 Å². The summed E-state index contributed by atoms with van der Waals surface area (Å²) in [6, 6.07) is 5.77. The molecule has 0 aliphatic carbocycles. The summed E-state index contributed by atoms with van der Waals surface area (Å²) in [5.41, 5.74) is 0.181. The van der Waals surface area contributed by atoms with Crippen molar-refractivity contribution in [1.29, 1.82) is 0 Å². The number of nitrogens with one attached hydrogen (secondary N) is 1. The van der Waals surface area contributed by atoms with Crippen molar-refractivity contribution in [2.45, 2.75) is 45.2 Å². The fourth-order valence-corrected chi connectivity index (χ4v) is 3.30. The fourth-order valence-electron chi connectivity index (χ4n) is 2.60. The minimum atomic E-state index is -4.32. The molecule has 25 heavy (non-hydrogen) atoms. The van der Waals surface area contributed by atoms with Gasteiger partial charge in [-0.15, -0.1) is 0 Å². The van der Waals surface area contributed by atoms with Gasteiger partial charge < -0.3 is 19.5 Å². The lowest BCUT2D eigenvalue weighted by atomic mass is 10.1. The highest BCUT2D eigenvalue weighted by atomic mass is 31.2. The third-order valence-electron chi connectivity index (χ3n) is 3.75. The summed E-state index contributed by atoms with van der Waals surface area (Å²) < 4.78 is 16.3. The zero-order valence-corrected chi connectivity index (χ0v) is 14.9. The number of benzene rings is 1. The van der Waals surface area contributed by atoms with Crippen LogP contribution in [0.4, 0.5) is 5.69 Å². The van der Waals surface area contributed by atoms with E-state index in [0.717, 1.165) is 31.7 Å². The molecule has 2 rings (SSSR count). The van der Waals surface area contributed by atoms with Gasteiger partial charge in [0.05, 0.1) is 6.16 Å². The summed E-state index contributed by atoms with van der Waals surface area (Å²) in [5, 5.41) is 3.18. The Bertz CT molecular complexity index is 854. The number of hydrogen-bond donors (Lipinski definition) is 3. The minimum absolute atomic E-state index is 0.121. The molecular weight excluding hydrogens is 345 g/mol. The van der Waals surface area contributed by atoms with Crippen molar-refractivity contribution in [3.63, 3.8) is 0 Å². The summed E-state index contributed by atoms with van der Waals surface area (Å²) in [7, 11) is -4.32. The normalized spacial score (nSPS) is 11.6. The highest BCUT2D eigenvalue weighted by Crippen LogP contribution is 2.40. The number of unbranched alkanes of at least 4 members (excludes halogenated alkanes) is 3. The van der Waals surface area contributed by atoms with Gasteiger partial charge >= 0.3 is 13.2 Å². The van der Waals surface area contributed by atoms with Crippen LogP contribution in [0.5, 0.6) is 0 Å². The molecular formula is C17H22NO6P. The average Bonchev–Trinajstić information content (AvgIpc) is 2.49. The van der Waals surface area contributed by atoms with Crippen LogP contribution >= 0.6 is 7.60 Å². The predicted octanol–water partition coefficient (Wildman–Crippen LogP) is 3.38. The number of carbonyl (C=O) groups is 1. The van der Waals surface area contributed by atoms with E-state index in [0.29, 0.717) is 17.5 Å². The second-order valence-electron chi connectivity index (χ2n) is 5.98. The van der Waals surface area contributed by atoms with Crippen LogP contribution in [-0.2, 0) is 15.5 Å². The van der Waals surface area contributed by atoms with Crippen LogP contribution in [0.1, 0.15) is 44.6 Å². The monoisotopic (exact) mass is 367 g/mol. The van der Waals surface area contributed by atoms with Crippen molar-refractivity contribution in [3.8, 4) is 0 Å². The summed E-state index contributed by atoms with van der Waals surface area (Å²) in [4.78, 5) is 41.8. The third kappa shape index (κ3) is 6.12. The van der Waals surface area contributed by atoms with Gasteiger partial charge in [0.1, 0.15) is 5.58 Å². The second kappa shape index (κ2) is 8.43. The first-order valence-electron chi connectivity index (χ1n) is 8.19. The van der Waals surface area contributed by atoms with Gasteiger partial charge in [0.25, 0.3) is 0 Å². The first kappa shape index (κ1) is 19.4. The molecule has 0 saturated heterocycles. The van der Waals surface area contributed by atoms with E-state index < -0.39 is 19.4 Å². The molecule has 0 saturated carbocycles. The molecule has 1 heterocycles. The van der Waals surface area contributed by atoms with Crippen molar-refractivity contribution in [1.82, 2.24) is 0 Å².